The molecule has 7 nitrogen and oxygen atoms in total. The molecule has 0 spiro atoms. The molecule has 0 aliphatic heterocycles. The Hall–Kier alpha value is -2.83. The Labute approximate surface area is 153 Å². The number of carbonyl (C=O) groups excluding carboxylic acids is 2. The van der Waals surface area contributed by atoms with Gasteiger partial charge in [-0.05, 0) is 57.0 Å². The monoisotopic (exact) mass is 358 g/mol. The molecule has 0 bridgehead atoms. The van der Waals surface area contributed by atoms with Crippen molar-refractivity contribution in [2.45, 2.75) is 33.6 Å². The van der Waals surface area contributed by atoms with E-state index in [-0.39, 0.29) is 18.4 Å². The second-order valence-corrected chi connectivity index (χ2v) is 6.09. The van der Waals surface area contributed by atoms with Crippen molar-refractivity contribution in [1.29, 1.82) is 0 Å². The number of hydrogen-bond donors (Lipinski definition) is 2. The summed E-state index contributed by atoms with van der Waals surface area (Å²) in [5.74, 6) is 0.366. The fourth-order valence-electron chi connectivity index (χ4n) is 2.67. The zero-order chi connectivity index (χ0) is 19.1. The number of nitrogens with one attached hydrogen (secondary N) is 2. The molecule has 7 heteroatoms. The molecule has 0 fully saturated rings. The van der Waals surface area contributed by atoms with Gasteiger partial charge in [-0.1, -0.05) is 0 Å². The van der Waals surface area contributed by atoms with Crippen molar-refractivity contribution >= 4 is 17.5 Å². The maximum atomic E-state index is 12.2. The molecule has 1 heterocycles. The van der Waals surface area contributed by atoms with E-state index in [1.54, 1.807) is 24.3 Å². The van der Waals surface area contributed by atoms with E-state index in [0.717, 1.165) is 17.0 Å². The van der Waals surface area contributed by atoms with Crippen LogP contribution in [0.1, 0.15) is 30.3 Å². The van der Waals surface area contributed by atoms with Gasteiger partial charge in [-0.3, -0.25) is 14.3 Å². The van der Waals surface area contributed by atoms with E-state index < -0.39 is 0 Å². The number of likely N-dealkylation sites (N-methyl/N-ethyl adjacent to an activating group) is 1. The normalized spacial score (nSPS) is 10.5. The molecule has 2 rings (SSSR count). The SMILES string of the molecule is CCNC(=O)COc1ccc(NC(=O)CCc2c(C)nn(C)c2C)cc1. The molecule has 1 aromatic carbocycles. The molecule has 0 radical (unpaired) electrons. The highest BCUT2D eigenvalue weighted by Gasteiger charge is 2.11. The zero-order valence-electron chi connectivity index (χ0n) is 15.8. The molecular formula is C19H26N4O3. The average Bonchev–Trinajstić information content (AvgIpc) is 2.85. The predicted molar refractivity (Wildman–Crippen MR) is 100 cm³/mol. The van der Waals surface area contributed by atoms with Crippen LogP contribution in [0.25, 0.3) is 0 Å². The van der Waals surface area contributed by atoms with Crippen LogP contribution < -0.4 is 15.4 Å². The number of aromatic nitrogens is 2. The van der Waals surface area contributed by atoms with E-state index in [9.17, 15) is 9.59 Å². The molecule has 26 heavy (non-hydrogen) atoms. The highest BCUT2D eigenvalue weighted by atomic mass is 16.5. The minimum atomic E-state index is -0.161. The molecule has 0 aliphatic carbocycles. The van der Waals surface area contributed by atoms with Crippen LogP contribution in [-0.2, 0) is 23.1 Å². The number of rotatable bonds is 8. The number of anilines is 1. The van der Waals surface area contributed by atoms with Crippen molar-refractivity contribution in [3.8, 4) is 5.75 Å². The second-order valence-electron chi connectivity index (χ2n) is 6.09. The summed E-state index contributed by atoms with van der Waals surface area (Å²) < 4.78 is 7.22. The molecule has 0 unspecified atom stereocenters. The predicted octanol–water partition coefficient (Wildman–Crippen LogP) is 2.12. The Morgan fingerprint density at radius 3 is 2.42 bits per heavy atom. The van der Waals surface area contributed by atoms with E-state index in [1.165, 1.54) is 0 Å². The average molecular weight is 358 g/mol. The van der Waals surface area contributed by atoms with E-state index >= 15 is 0 Å². The van der Waals surface area contributed by atoms with E-state index in [4.69, 9.17) is 4.74 Å². The quantitative estimate of drug-likeness (QED) is 0.757. The smallest absolute Gasteiger partial charge is 0.257 e. The lowest BCUT2D eigenvalue weighted by atomic mass is 10.1. The van der Waals surface area contributed by atoms with Crippen LogP contribution in [-0.4, -0.2) is 34.7 Å². The molecule has 2 amide bonds. The summed E-state index contributed by atoms with van der Waals surface area (Å²) in [7, 11) is 1.90. The molecule has 2 N–H and O–H groups in total. The third-order valence-corrected chi connectivity index (χ3v) is 4.14. The zero-order valence-corrected chi connectivity index (χ0v) is 15.8. The van der Waals surface area contributed by atoms with E-state index in [1.807, 2.05) is 32.5 Å². The van der Waals surface area contributed by atoms with Crippen molar-refractivity contribution in [3.63, 3.8) is 0 Å². The summed E-state index contributed by atoms with van der Waals surface area (Å²) in [5, 5.41) is 9.90. The first-order valence-electron chi connectivity index (χ1n) is 8.69. The second kappa shape index (κ2) is 9.03. The first kappa shape index (κ1) is 19.5. The minimum Gasteiger partial charge on any atom is -0.484 e. The topological polar surface area (TPSA) is 85.2 Å². The third kappa shape index (κ3) is 5.34. The van der Waals surface area contributed by atoms with Gasteiger partial charge in [0.25, 0.3) is 5.91 Å². The molecule has 1 aromatic heterocycles. The summed E-state index contributed by atoms with van der Waals surface area (Å²) in [4.78, 5) is 23.5. The van der Waals surface area contributed by atoms with Gasteiger partial charge in [-0.2, -0.15) is 5.10 Å². The van der Waals surface area contributed by atoms with Crippen molar-refractivity contribution in [3.05, 3.63) is 41.2 Å². The first-order chi connectivity index (χ1) is 12.4. The molecule has 2 aromatic rings. The Morgan fingerprint density at radius 1 is 1.15 bits per heavy atom. The minimum absolute atomic E-state index is 0.0244. The Morgan fingerprint density at radius 2 is 1.85 bits per heavy atom. The van der Waals surface area contributed by atoms with Gasteiger partial charge in [0.2, 0.25) is 5.91 Å². The Balaban J connectivity index is 1.82. The number of hydrogen-bond acceptors (Lipinski definition) is 4. The lowest BCUT2D eigenvalue weighted by Crippen LogP contribution is -2.28. The summed E-state index contributed by atoms with van der Waals surface area (Å²) in [6.45, 7) is 6.37. The maximum Gasteiger partial charge on any atom is 0.257 e. The van der Waals surface area contributed by atoms with Crippen molar-refractivity contribution in [2.75, 3.05) is 18.5 Å². The number of amides is 2. The van der Waals surface area contributed by atoms with E-state index in [0.29, 0.717) is 30.8 Å². The molecule has 0 atom stereocenters. The number of aryl methyl sites for hydroxylation is 2. The fraction of sp³-hybridized carbons (Fsp3) is 0.421. The van der Waals surface area contributed by atoms with Crippen LogP contribution in [0, 0.1) is 13.8 Å². The Bertz CT molecular complexity index is 766. The van der Waals surface area contributed by atoms with Crippen LogP contribution in [0.4, 0.5) is 5.69 Å². The molecule has 0 saturated heterocycles. The van der Waals surface area contributed by atoms with Gasteiger partial charge in [0.1, 0.15) is 5.75 Å². The van der Waals surface area contributed by atoms with Crippen molar-refractivity contribution in [1.82, 2.24) is 15.1 Å². The van der Waals surface area contributed by atoms with Crippen molar-refractivity contribution < 1.29 is 14.3 Å². The van der Waals surface area contributed by atoms with Gasteiger partial charge in [-0.25, -0.2) is 0 Å². The summed E-state index contributed by atoms with van der Waals surface area (Å²) >= 11 is 0. The molecule has 140 valence electrons. The van der Waals surface area contributed by atoms with Gasteiger partial charge in [0.05, 0.1) is 5.69 Å². The first-order valence-corrected chi connectivity index (χ1v) is 8.69. The van der Waals surface area contributed by atoms with Crippen LogP contribution in [0.5, 0.6) is 5.75 Å². The highest BCUT2D eigenvalue weighted by molar-refractivity contribution is 5.90. The largest absolute Gasteiger partial charge is 0.484 e. The standard InChI is InChI=1S/C19H26N4O3/c1-5-20-19(25)12-26-16-8-6-15(7-9-16)21-18(24)11-10-17-13(2)22-23(4)14(17)3/h6-9H,5,10-12H2,1-4H3,(H,20,25)(H,21,24). The number of carbonyl (C=O) groups is 2. The maximum absolute atomic E-state index is 12.2. The molecule has 0 saturated carbocycles. The number of benzene rings is 1. The van der Waals surface area contributed by atoms with Gasteiger partial charge >= 0.3 is 0 Å². The summed E-state index contributed by atoms with van der Waals surface area (Å²) in [5.41, 5.74) is 3.87. The van der Waals surface area contributed by atoms with Crippen molar-refractivity contribution in [2.24, 2.45) is 7.05 Å². The van der Waals surface area contributed by atoms with Gasteiger partial charge < -0.3 is 15.4 Å². The van der Waals surface area contributed by atoms with Crippen LogP contribution >= 0.6 is 0 Å². The number of nitrogens with zero attached hydrogens (tertiary/aromatic N) is 2. The Kier molecular flexibility index (Phi) is 6.77. The van der Waals surface area contributed by atoms with Gasteiger partial charge in [0.15, 0.2) is 6.61 Å². The lowest BCUT2D eigenvalue weighted by molar-refractivity contribution is -0.123. The van der Waals surface area contributed by atoms with E-state index in [2.05, 4.69) is 15.7 Å². The highest BCUT2D eigenvalue weighted by Crippen LogP contribution is 2.17. The molecular weight excluding hydrogens is 332 g/mol. The van der Waals surface area contributed by atoms with Crippen LogP contribution in [0.15, 0.2) is 24.3 Å². The lowest BCUT2D eigenvalue weighted by Gasteiger charge is -2.08. The van der Waals surface area contributed by atoms with Gasteiger partial charge in [0, 0.05) is 31.4 Å². The summed E-state index contributed by atoms with van der Waals surface area (Å²) in [6, 6.07) is 6.96. The summed E-state index contributed by atoms with van der Waals surface area (Å²) in [6.07, 6.45) is 1.05. The fourth-order valence-corrected chi connectivity index (χ4v) is 2.67. The van der Waals surface area contributed by atoms with Crippen LogP contribution in [0.2, 0.25) is 0 Å². The number of ether oxygens (including phenoxy) is 1. The molecule has 0 aliphatic rings. The van der Waals surface area contributed by atoms with Crippen LogP contribution in [0.3, 0.4) is 0 Å². The third-order valence-electron chi connectivity index (χ3n) is 4.14. The van der Waals surface area contributed by atoms with Gasteiger partial charge in [-0.15, -0.1) is 0 Å².